The highest BCUT2D eigenvalue weighted by Crippen LogP contribution is 2.34. The summed E-state index contributed by atoms with van der Waals surface area (Å²) in [7, 11) is 0. The van der Waals surface area contributed by atoms with Gasteiger partial charge in [0.2, 0.25) is 0 Å². The minimum atomic E-state index is 0.0242. The predicted octanol–water partition coefficient (Wildman–Crippen LogP) is 2.38. The Kier molecular flexibility index (Phi) is 3.38. The molecule has 1 amide bonds. The van der Waals surface area contributed by atoms with Crippen LogP contribution in [0.15, 0.2) is 5.38 Å². The van der Waals surface area contributed by atoms with Crippen molar-refractivity contribution in [1.82, 2.24) is 9.88 Å². The normalized spacial score (nSPS) is 19.3. The Morgan fingerprint density at radius 3 is 2.71 bits per heavy atom. The maximum absolute atomic E-state index is 12.1. The molecule has 1 saturated heterocycles. The zero-order chi connectivity index (χ0) is 12.5. The third kappa shape index (κ3) is 2.60. The van der Waals surface area contributed by atoms with E-state index < -0.39 is 0 Å². The molecule has 2 N–H and O–H groups in total. The van der Waals surface area contributed by atoms with E-state index in [1.807, 2.05) is 4.90 Å². The van der Waals surface area contributed by atoms with E-state index in [1.54, 1.807) is 5.38 Å². The maximum atomic E-state index is 12.1. The fourth-order valence-corrected chi connectivity index (χ4v) is 2.69. The van der Waals surface area contributed by atoms with E-state index in [2.05, 4.69) is 18.8 Å². The number of aromatic nitrogens is 1. The first kappa shape index (κ1) is 12.4. The molecule has 17 heavy (non-hydrogen) atoms. The molecule has 1 fully saturated rings. The first-order valence-corrected chi connectivity index (χ1v) is 6.92. The molecule has 0 saturated carbocycles. The van der Waals surface area contributed by atoms with Gasteiger partial charge in [-0.3, -0.25) is 4.79 Å². The Morgan fingerprint density at radius 1 is 1.59 bits per heavy atom. The molecule has 1 aliphatic heterocycles. The Bertz CT molecular complexity index is 408. The standard InChI is InChI=1S/C12H19N3OS/c1-3-12(2)4-6-15(7-5-12)10(16)9-8-17-11(13)14-9/h8H,3-7H2,1-2H3,(H2,13,14). The number of carbonyl (C=O) groups excluding carboxylic acids is 1. The predicted molar refractivity (Wildman–Crippen MR) is 70.1 cm³/mol. The second kappa shape index (κ2) is 4.64. The zero-order valence-corrected chi connectivity index (χ0v) is 11.2. The number of nitrogens with two attached hydrogens (primary N) is 1. The van der Waals surface area contributed by atoms with Gasteiger partial charge in [0.1, 0.15) is 5.69 Å². The molecule has 0 bridgehead atoms. The molecule has 0 atom stereocenters. The number of likely N-dealkylation sites (tertiary alicyclic amines) is 1. The molecular formula is C12H19N3OS. The summed E-state index contributed by atoms with van der Waals surface area (Å²) in [5, 5.41) is 2.20. The van der Waals surface area contributed by atoms with E-state index >= 15 is 0 Å². The van der Waals surface area contributed by atoms with Gasteiger partial charge in [0.05, 0.1) is 0 Å². The summed E-state index contributed by atoms with van der Waals surface area (Å²) in [5.41, 5.74) is 6.44. The lowest BCUT2D eigenvalue weighted by Crippen LogP contribution is -2.42. The Hall–Kier alpha value is -1.10. The highest BCUT2D eigenvalue weighted by molar-refractivity contribution is 7.13. The van der Waals surface area contributed by atoms with Crippen molar-refractivity contribution in [2.24, 2.45) is 5.41 Å². The Morgan fingerprint density at radius 2 is 2.24 bits per heavy atom. The average molecular weight is 253 g/mol. The van der Waals surface area contributed by atoms with Crippen LogP contribution in [0.3, 0.4) is 0 Å². The zero-order valence-electron chi connectivity index (χ0n) is 10.4. The number of carbonyl (C=O) groups is 1. The molecule has 1 aliphatic rings. The molecule has 0 spiro atoms. The van der Waals surface area contributed by atoms with Crippen molar-refractivity contribution in [3.8, 4) is 0 Å². The monoisotopic (exact) mass is 253 g/mol. The minimum absolute atomic E-state index is 0.0242. The van der Waals surface area contributed by atoms with Gasteiger partial charge in [0.25, 0.3) is 5.91 Å². The average Bonchev–Trinajstić information content (AvgIpc) is 2.76. The van der Waals surface area contributed by atoms with Crippen LogP contribution in [0, 0.1) is 5.41 Å². The summed E-state index contributed by atoms with van der Waals surface area (Å²) >= 11 is 1.32. The molecule has 5 heteroatoms. The SMILES string of the molecule is CCC1(C)CCN(C(=O)c2csc(N)n2)CC1. The second-order valence-corrected chi connectivity index (χ2v) is 5.92. The van der Waals surface area contributed by atoms with E-state index in [-0.39, 0.29) is 5.91 Å². The number of rotatable bonds is 2. The number of nitrogen functional groups attached to an aromatic ring is 1. The summed E-state index contributed by atoms with van der Waals surface area (Å²) in [6.45, 7) is 6.19. The minimum Gasteiger partial charge on any atom is -0.375 e. The van der Waals surface area contributed by atoms with Crippen LogP contribution in [0.5, 0.6) is 0 Å². The van der Waals surface area contributed by atoms with Gasteiger partial charge in [-0.1, -0.05) is 20.3 Å². The summed E-state index contributed by atoms with van der Waals surface area (Å²) in [5.74, 6) is 0.0242. The van der Waals surface area contributed by atoms with Crippen LogP contribution in [0.2, 0.25) is 0 Å². The van der Waals surface area contributed by atoms with Gasteiger partial charge < -0.3 is 10.6 Å². The van der Waals surface area contributed by atoms with Crippen molar-refractivity contribution < 1.29 is 4.79 Å². The smallest absolute Gasteiger partial charge is 0.273 e. The number of nitrogens with zero attached hydrogens (tertiary/aromatic N) is 2. The fraction of sp³-hybridized carbons (Fsp3) is 0.667. The number of amides is 1. The number of hydrogen-bond donors (Lipinski definition) is 1. The van der Waals surface area contributed by atoms with Gasteiger partial charge in [0.15, 0.2) is 5.13 Å². The van der Waals surface area contributed by atoms with E-state index in [1.165, 1.54) is 17.8 Å². The first-order valence-electron chi connectivity index (χ1n) is 6.04. The third-order valence-corrected chi connectivity index (χ3v) is 4.53. The van der Waals surface area contributed by atoms with Crippen LogP contribution in [0.25, 0.3) is 0 Å². The van der Waals surface area contributed by atoms with E-state index in [4.69, 9.17) is 5.73 Å². The van der Waals surface area contributed by atoms with Crippen LogP contribution in [-0.4, -0.2) is 28.9 Å². The van der Waals surface area contributed by atoms with E-state index in [0.717, 1.165) is 25.9 Å². The maximum Gasteiger partial charge on any atom is 0.273 e. The van der Waals surface area contributed by atoms with Crippen molar-refractivity contribution in [2.75, 3.05) is 18.8 Å². The fourth-order valence-electron chi connectivity index (χ4n) is 2.15. The summed E-state index contributed by atoms with van der Waals surface area (Å²) in [6, 6.07) is 0. The lowest BCUT2D eigenvalue weighted by molar-refractivity contribution is 0.0595. The van der Waals surface area contributed by atoms with Crippen LogP contribution in [0.4, 0.5) is 5.13 Å². The number of hydrogen-bond acceptors (Lipinski definition) is 4. The molecule has 1 aromatic rings. The number of piperidine rings is 1. The van der Waals surface area contributed by atoms with E-state index in [9.17, 15) is 4.79 Å². The molecule has 0 radical (unpaired) electrons. The van der Waals surface area contributed by atoms with E-state index in [0.29, 0.717) is 16.2 Å². The molecule has 0 unspecified atom stereocenters. The molecule has 2 rings (SSSR count). The Labute approximate surface area is 106 Å². The highest BCUT2D eigenvalue weighted by Gasteiger charge is 2.31. The molecule has 2 heterocycles. The molecule has 94 valence electrons. The van der Waals surface area contributed by atoms with Gasteiger partial charge in [-0.05, 0) is 18.3 Å². The van der Waals surface area contributed by atoms with Crippen molar-refractivity contribution >= 4 is 22.4 Å². The molecule has 0 aliphatic carbocycles. The van der Waals surface area contributed by atoms with Crippen LogP contribution in [-0.2, 0) is 0 Å². The second-order valence-electron chi connectivity index (χ2n) is 5.03. The van der Waals surface area contributed by atoms with Gasteiger partial charge >= 0.3 is 0 Å². The molecule has 4 nitrogen and oxygen atoms in total. The topological polar surface area (TPSA) is 59.2 Å². The largest absolute Gasteiger partial charge is 0.375 e. The first-order chi connectivity index (χ1) is 8.04. The van der Waals surface area contributed by atoms with Gasteiger partial charge in [-0.15, -0.1) is 11.3 Å². The van der Waals surface area contributed by atoms with Crippen LogP contribution in [0.1, 0.15) is 43.6 Å². The molecule has 1 aromatic heterocycles. The summed E-state index contributed by atoms with van der Waals surface area (Å²) in [6.07, 6.45) is 3.34. The van der Waals surface area contributed by atoms with Crippen molar-refractivity contribution in [3.05, 3.63) is 11.1 Å². The Balaban J connectivity index is 1.99. The van der Waals surface area contributed by atoms with Crippen molar-refractivity contribution in [3.63, 3.8) is 0 Å². The highest BCUT2D eigenvalue weighted by atomic mass is 32.1. The quantitative estimate of drug-likeness (QED) is 0.880. The van der Waals surface area contributed by atoms with Crippen molar-refractivity contribution in [1.29, 1.82) is 0 Å². The molecule has 0 aromatic carbocycles. The lowest BCUT2D eigenvalue weighted by Gasteiger charge is -2.38. The summed E-state index contributed by atoms with van der Waals surface area (Å²) < 4.78 is 0. The van der Waals surface area contributed by atoms with Crippen LogP contribution < -0.4 is 5.73 Å². The lowest BCUT2D eigenvalue weighted by atomic mass is 9.78. The van der Waals surface area contributed by atoms with Gasteiger partial charge in [0, 0.05) is 18.5 Å². The third-order valence-electron chi connectivity index (χ3n) is 3.85. The summed E-state index contributed by atoms with van der Waals surface area (Å²) in [4.78, 5) is 18.1. The van der Waals surface area contributed by atoms with Gasteiger partial charge in [-0.2, -0.15) is 0 Å². The van der Waals surface area contributed by atoms with Gasteiger partial charge in [-0.25, -0.2) is 4.98 Å². The van der Waals surface area contributed by atoms with Crippen molar-refractivity contribution in [2.45, 2.75) is 33.1 Å². The van der Waals surface area contributed by atoms with Crippen LogP contribution >= 0.6 is 11.3 Å². The number of anilines is 1. The molecular weight excluding hydrogens is 234 g/mol. The number of thiazole rings is 1.